The highest BCUT2D eigenvalue weighted by Crippen LogP contribution is 2.18. The third kappa shape index (κ3) is 8.64. The fraction of sp³-hybridized carbons (Fsp3) is 0.923. The minimum absolute atomic E-state index is 0.0507. The number of sulfonamides is 1. The van der Waals surface area contributed by atoms with Gasteiger partial charge >= 0.3 is 0 Å². The number of nitrogens with zero attached hydrogens (tertiary/aromatic N) is 1. The molecular weight excluding hydrogens is 312 g/mol. The largest absolute Gasteiger partial charge is 0.379 e. The molecule has 0 spiro atoms. The number of ether oxygens (including phenoxy) is 3. The Bertz CT molecular complexity index is 428. The van der Waals surface area contributed by atoms with Gasteiger partial charge in [-0.15, -0.1) is 0 Å². The number of carbonyl (C=O) groups excluding carboxylic acids is 1. The zero-order chi connectivity index (χ0) is 16.4. The van der Waals surface area contributed by atoms with Crippen molar-refractivity contribution in [3.8, 4) is 0 Å². The number of rotatable bonds is 12. The van der Waals surface area contributed by atoms with Crippen LogP contribution >= 0.6 is 0 Å². The summed E-state index contributed by atoms with van der Waals surface area (Å²) in [6.45, 7) is 5.93. The number of nitrogens with two attached hydrogens (primary N) is 1. The molecule has 1 saturated heterocycles. The number of primary sulfonamides is 1. The minimum Gasteiger partial charge on any atom is -0.379 e. The normalized spacial score (nSPS) is 19.1. The lowest BCUT2D eigenvalue weighted by molar-refractivity contribution is -0.128. The van der Waals surface area contributed by atoms with E-state index in [4.69, 9.17) is 19.3 Å². The quantitative estimate of drug-likeness (QED) is 0.466. The van der Waals surface area contributed by atoms with Crippen molar-refractivity contribution >= 4 is 15.9 Å². The average Bonchev–Trinajstić information content (AvgIpc) is 2.74. The Morgan fingerprint density at radius 2 is 1.73 bits per heavy atom. The molecule has 0 aliphatic carbocycles. The molecule has 1 aliphatic heterocycles. The van der Waals surface area contributed by atoms with Gasteiger partial charge < -0.3 is 19.1 Å². The van der Waals surface area contributed by atoms with Gasteiger partial charge in [0, 0.05) is 32.0 Å². The van der Waals surface area contributed by atoms with Crippen molar-refractivity contribution in [2.24, 2.45) is 11.1 Å². The van der Waals surface area contributed by atoms with Crippen molar-refractivity contribution in [1.29, 1.82) is 0 Å². The first-order valence-corrected chi connectivity index (χ1v) is 9.15. The van der Waals surface area contributed by atoms with Crippen molar-refractivity contribution in [3.63, 3.8) is 0 Å². The summed E-state index contributed by atoms with van der Waals surface area (Å²) in [5, 5.41) is 5.00. The molecule has 0 aromatic carbocycles. The van der Waals surface area contributed by atoms with Crippen LogP contribution in [0.25, 0.3) is 0 Å². The lowest BCUT2D eigenvalue weighted by Crippen LogP contribution is -2.30. The van der Waals surface area contributed by atoms with Crippen LogP contribution in [0.4, 0.5) is 0 Å². The molecule has 1 rings (SSSR count). The predicted octanol–water partition coefficient (Wildman–Crippen LogP) is -0.807. The predicted molar refractivity (Wildman–Crippen MR) is 80.8 cm³/mol. The molecule has 1 aliphatic rings. The Morgan fingerprint density at radius 3 is 2.32 bits per heavy atom. The van der Waals surface area contributed by atoms with Crippen LogP contribution in [0.3, 0.4) is 0 Å². The monoisotopic (exact) mass is 338 g/mol. The first-order valence-electron chi connectivity index (χ1n) is 7.44. The summed E-state index contributed by atoms with van der Waals surface area (Å²) in [5.41, 5.74) is 0. The number of carbonyl (C=O) groups is 1. The summed E-state index contributed by atoms with van der Waals surface area (Å²) in [6, 6.07) is 0. The molecular formula is C13H26N2O6S. The van der Waals surface area contributed by atoms with E-state index in [0.717, 1.165) is 0 Å². The maximum Gasteiger partial charge on any atom is 0.223 e. The Hall–Kier alpha value is -0.740. The van der Waals surface area contributed by atoms with Crippen LogP contribution in [0.5, 0.6) is 0 Å². The second-order valence-corrected chi connectivity index (χ2v) is 6.82. The van der Waals surface area contributed by atoms with E-state index in [0.29, 0.717) is 52.7 Å². The summed E-state index contributed by atoms with van der Waals surface area (Å²) < 4.78 is 37.9. The molecule has 0 aromatic rings. The van der Waals surface area contributed by atoms with E-state index in [-0.39, 0.29) is 24.0 Å². The second kappa shape index (κ2) is 10.1. The lowest BCUT2D eigenvalue weighted by Gasteiger charge is -2.16. The highest BCUT2D eigenvalue weighted by molar-refractivity contribution is 7.89. The third-order valence-electron chi connectivity index (χ3n) is 3.22. The maximum atomic E-state index is 11.7. The second-order valence-electron chi connectivity index (χ2n) is 5.16. The molecule has 1 unspecified atom stereocenters. The van der Waals surface area contributed by atoms with E-state index >= 15 is 0 Å². The molecule has 8 nitrogen and oxygen atoms in total. The SMILES string of the molecule is CCOCCOCCOCCN1CC(CS(N)(=O)=O)CC1=O. The Kier molecular flexibility index (Phi) is 8.88. The fourth-order valence-electron chi connectivity index (χ4n) is 2.27. The van der Waals surface area contributed by atoms with Crippen molar-refractivity contribution in [2.45, 2.75) is 13.3 Å². The number of hydrogen-bond donors (Lipinski definition) is 1. The number of hydrogen-bond acceptors (Lipinski definition) is 6. The summed E-state index contributed by atoms with van der Waals surface area (Å²) in [7, 11) is -3.53. The Balaban J connectivity index is 2.04. The van der Waals surface area contributed by atoms with Gasteiger partial charge in [0.05, 0.1) is 38.8 Å². The van der Waals surface area contributed by atoms with Crippen LogP contribution in [0.1, 0.15) is 13.3 Å². The van der Waals surface area contributed by atoms with Crippen LogP contribution in [0, 0.1) is 5.92 Å². The molecule has 0 bridgehead atoms. The van der Waals surface area contributed by atoms with Gasteiger partial charge in [-0.05, 0) is 6.92 Å². The number of likely N-dealkylation sites (tertiary alicyclic amines) is 1. The molecule has 0 radical (unpaired) electrons. The molecule has 0 saturated carbocycles. The van der Waals surface area contributed by atoms with Crippen LogP contribution < -0.4 is 5.14 Å². The van der Waals surface area contributed by atoms with Gasteiger partial charge in [0.25, 0.3) is 0 Å². The molecule has 2 N–H and O–H groups in total. The first-order chi connectivity index (χ1) is 10.4. The molecule has 1 amide bonds. The van der Waals surface area contributed by atoms with Gasteiger partial charge in [0.15, 0.2) is 0 Å². The fourth-order valence-corrected chi connectivity index (χ4v) is 3.15. The van der Waals surface area contributed by atoms with E-state index in [9.17, 15) is 13.2 Å². The van der Waals surface area contributed by atoms with Crippen LogP contribution in [0.15, 0.2) is 0 Å². The third-order valence-corrected chi connectivity index (χ3v) is 4.15. The zero-order valence-electron chi connectivity index (χ0n) is 13.0. The van der Waals surface area contributed by atoms with Gasteiger partial charge in [-0.25, -0.2) is 13.6 Å². The van der Waals surface area contributed by atoms with Gasteiger partial charge in [-0.2, -0.15) is 0 Å². The summed E-state index contributed by atoms with van der Waals surface area (Å²) in [4.78, 5) is 13.4. The van der Waals surface area contributed by atoms with E-state index in [2.05, 4.69) is 0 Å². The molecule has 0 aromatic heterocycles. The topological polar surface area (TPSA) is 108 Å². The molecule has 9 heteroatoms. The van der Waals surface area contributed by atoms with E-state index in [1.54, 1.807) is 4.90 Å². The molecule has 1 fully saturated rings. The van der Waals surface area contributed by atoms with E-state index < -0.39 is 10.0 Å². The highest BCUT2D eigenvalue weighted by Gasteiger charge is 2.31. The average molecular weight is 338 g/mol. The van der Waals surface area contributed by atoms with Crippen molar-refractivity contribution in [1.82, 2.24) is 4.90 Å². The molecule has 1 heterocycles. The summed E-state index contributed by atoms with van der Waals surface area (Å²) >= 11 is 0. The Labute approximate surface area is 131 Å². The maximum absolute atomic E-state index is 11.7. The van der Waals surface area contributed by atoms with Gasteiger partial charge in [-0.3, -0.25) is 4.79 Å². The standard InChI is InChI=1S/C13H26N2O6S/c1-2-19-5-6-21-8-7-20-4-3-15-10-12(9-13(15)16)11-22(14,17)18/h12H,2-11H2,1H3,(H2,14,17,18). The van der Waals surface area contributed by atoms with Gasteiger partial charge in [-0.1, -0.05) is 0 Å². The van der Waals surface area contributed by atoms with E-state index in [1.807, 2.05) is 6.92 Å². The minimum atomic E-state index is -3.53. The van der Waals surface area contributed by atoms with Gasteiger partial charge in [0.1, 0.15) is 0 Å². The van der Waals surface area contributed by atoms with Crippen molar-refractivity contribution < 1.29 is 27.4 Å². The van der Waals surface area contributed by atoms with Gasteiger partial charge in [0.2, 0.25) is 15.9 Å². The first kappa shape index (κ1) is 19.3. The molecule has 1 atom stereocenters. The summed E-state index contributed by atoms with van der Waals surface area (Å²) in [5.74, 6) is -0.418. The van der Waals surface area contributed by atoms with Crippen molar-refractivity contribution in [2.75, 3.05) is 58.5 Å². The summed E-state index contributed by atoms with van der Waals surface area (Å²) in [6.07, 6.45) is 0.233. The van der Waals surface area contributed by atoms with Crippen LogP contribution in [-0.4, -0.2) is 77.7 Å². The smallest absolute Gasteiger partial charge is 0.223 e. The van der Waals surface area contributed by atoms with Crippen LogP contribution in [-0.2, 0) is 29.0 Å². The molecule has 22 heavy (non-hydrogen) atoms. The Morgan fingerprint density at radius 1 is 1.14 bits per heavy atom. The van der Waals surface area contributed by atoms with E-state index in [1.165, 1.54) is 0 Å². The van der Waals surface area contributed by atoms with Crippen LogP contribution in [0.2, 0.25) is 0 Å². The highest BCUT2D eigenvalue weighted by atomic mass is 32.2. The zero-order valence-corrected chi connectivity index (χ0v) is 13.8. The number of amides is 1. The lowest BCUT2D eigenvalue weighted by atomic mass is 10.1. The molecule has 130 valence electrons. The van der Waals surface area contributed by atoms with Crippen molar-refractivity contribution in [3.05, 3.63) is 0 Å².